The highest BCUT2D eigenvalue weighted by Gasteiger charge is 2.15. The van der Waals surface area contributed by atoms with E-state index in [4.69, 9.17) is 0 Å². The average Bonchev–Trinajstić information content (AvgIpc) is 2.66. The van der Waals surface area contributed by atoms with Crippen molar-refractivity contribution in [2.24, 2.45) is 0 Å². The van der Waals surface area contributed by atoms with Gasteiger partial charge >= 0.3 is 5.97 Å². The lowest BCUT2D eigenvalue weighted by molar-refractivity contribution is 0.0691. The first-order valence-corrected chi connectivity index (χ1v) is 8.96. The molecule has 3 rings (SSSR count). The molecular formula is C23H24N2O2. The van der Waals surface area contributed by atoms with E-state index in [1.807, 2.05) is 36.4 Å². The Bertz CT molecular complexity index is 927. The quantitative estimate of drug-likeness (QED) is 0.643. The largest absolute Gasteiger partial charge is 0.476 e. The first-order valence-electron chi connectivity index (χ1n) is 8.96. The third kappa shape index (κ3) is 4.53. The van der Waals surface area contributed by atoms with Crippen LogP contribution in [0.4, 0.5) is 5.69 Å². The molecule has 138 valence electrons. The van der Waals surface area contributed by atoms with Crippen LogP contribution in [0.25, 0.3) is 11.1 Å². The second-order valence-corrected chi connectivity index (χ2v) is 7.59. The van der Waals surface area contributed by atoms with E-state index in [9.17, 15) is 9.90 Å². The predicted octanol–water partition coefficient (Wildman–Crippen LogP) is 5.36. The summed E-state index contributed by atoms with van der Waals surface area (Å²) in [5, 5.41) is 12.7. The van der Waals surface area contributed by atoms with E-state index in [0.717, 1.165) is 16.7 Å². The van der Waals surface area contributed by atoms with Crippen LogP contribution in [-0.2, 0) is 12.0 Å². The van der Waals surface area contributed by atoms with Crippen molar-refractivity contribution in [3.8, 4) is 11.1 Å². The van der Waals surface area contributed by atoms with E-state index in [1.54, 1.807) is 6.20 Å². The van der Waals surface area contributed by atoms with E-state index in [-0.39, 0.29) is 11.1 Å². The third-order valence-corrected chi connectivity index (χ3v) is 4.50. The topological polar surface area (TPSA) is 62.2 Å². The van der Waals surface area contributed by atoms with Gasteiger partial charge in [0.1, 0.15) is 0 Å². The molecule has 3 aromatic rings. The Morgan fingerprint density at radius 2 is 1.67 bits per heavy atom. The number of hydrogen-bond acceptors (Lipinski definition) is 3. The van der Waals surface area contributed by atoms with E-state index in [1.165, 1.54) is 5.56 Å². The van der Waals surface area contributed by atoms with Gasteiger partial charge in [0.2, 0.25) is 0 Å². The van der Waals surface area contributed by atoms with Gasteiger partial charge in [-0.1, -0.05) is 75.4 Å². The molecule has 4 heteroatoms. The van der Waals surface area contributed by atoms with Gasteiger partial charge in [-0.15, -0.1) is 0 Å². The average molecular weight is 360 g/mol. The number of benzene rings is 2. The smallest absolute Gasteiger partial charge is 0.356 e. The van der Waals surface area contributed by atoms with Gasteiger partial charge in [-0.3, -0.25) is 0 Å². The van der Waals surface area contributed by atoms with Gasteiger partial charge in [0.15, 0.2) is 5.69 Å². The Morgan fingerprint density at radius 3 is 2.26 bits per heavy atom. The maximum Gasteiger partial charge on any atom is 0.356 e. The molecule has 0 aliphatic heterocycles. The number of aromatic nitrogens is 1. The van der Waals surface area contributed by atoms with Crippen molar-refractivity contribution in [3.63, 3.8) is 0 Å². The molecule has 0 saturated heterocycles. The van der Waals surface area contributed by atoms with Crippen LogP contribution in [-0.4, -0.2) is 16.1 Å². The maximum absolute atomic E-state index is 11.5. The summed E-state index contributed by atoms with van der Waals surface area (Å²) in [6.07, 6.45) is 1.60. The minimum atomic E-state index is -1.04. The van der Waals surface area contributed by atoms with E-state index >= 15 is 0 Å². The number of carbonyl (C=O) groups is 1. The van der Waals surface area contributed by atoms with E-state index in [0.29, 0.717) is 12.2 Å². The van der Waals surface area contributed by atoms with Gasteiger partial charge in [-0.05, 0) is 28.2 Å². The normalized spacial score (nSPS) is 11.2. The summed E-state index contributed by atoms with van der Waals surface area (Å²) >= 11 is 0. The summed E-state index contributed by atoms with van der Waals surface area (Å²) < 4.78 is 0. The molecule has 4 nitrogen and oxygen atoms in total. The standard InChI is InChI=1S/C23H24N2O2/c1-23(2,3)19-11-9-16(10-12-19)14-24-20-13-18(15-25-21(20)22(26)27)17-7-5-4-6-8-17/h4-13,15,24H,14H2,1-3H3,(H,26,27). The lowest BCUT2D eigenvalue weighted by Gasteiger charge is -2.19. The van der Waals surface area contributed by atoms with Crippen molar-refractivity contribution in [3.05, 3.63) is 83.7 Å². The molecule has 2 N–H and O–H groups in total. The summed E-state index contributed by atoms with van der Waals surface area (Å²) in [6, 6.07) is 20.0. The molecule has 0 bridgehead atoms. The zero-order valence-corrected chi connectivity index (χ0v) is 15.9. The first-order chi connectivity index (χ1) is 12.8. The van der Waals surface area contributed by atoms with Gasteiger partial charge < -0.3 is 10.4 Å². The van der Waals surface area contributed by atoms with Crippen LogP contribution in [0.3, 0.4) is 0 Å². The number of pyridine rings is 1. The Balaban J connectivity index is 1.83. The van der Waals surface area contributed by atoms with Crippen LogP contribution in [0.1, 0.15) is 42.4 Å². The molecule has 0 amide bonds. The number of carboxylic acid groups (broad SMARTS) is 1. The lowest BCUT2D eigenvalue weighted by Crippen LogP contribution is -2.11. The lowest BCUT2D eigenvalue weighted by atomic mass is 9.87. The zero-order valence-electron chi connectivity index (χ0n) is 15.9. The van der Waals surface area contributed by atoms with Gasteiger partial charge in [0.25, 0.3) is 0 Å². The van der Waals surface area contributed by atoms with Crippen molar-refractivity contribution in [2.45, 2.75) is 32.7 Å². The molecule has 27 heavy (non-hydrogen) atoms. The van der Waals surface area contributed by atoms with Crippen LogP contribution < -0.4 is 5.32 Å². The predicted molar refractivity (Wildman–Crippen MR) is 109 cm³/mol. The monoisotopic (exact) mass is 360 g/mol. The summed E-state index contributed by atoms with van der Waals surface area (Å²) in [5.41, 5.74) is 4.89. The fourth-order valence-electron chi connectivity index (χ4n) is 2.88. The number of nitrogens with zero attached hydrogens (tertiary/aromatic N) is 1. The number of rotatable bonds is 5. The molecule has 1 aromatic heterocycles. The van der Waals surface area contributed by atoms with Crippen molar-refractivity contribution in [2.75, 3.05) is 5.32 Å². The summed E-state index contributed by atoms with van der Waals surface area (Å²) in [7, 11) is 0. The second-order valence-electron chi connectivity index (χ2n) is 7.59. The van der Waals surface area contributed by atoms with Crippen LogP contribution in [0.15, 0.2) is 66.9 Å². The molecule has 2 aromatic carbocycles. The molecule has 0 fully saturated rings. The summed E-state index contributed by atoms with van der Waals surface area (Å²) in [4.78, 5) is 15.7. The number of nitrogens with one attached hydrogen (secondary N) is 1. The molecule has 0 saturated carbocycles. The molecule has 0 aliphatic carbocycles. The Morgan fingerprint density at radius 1 is 1.00 bits per heavy atom. The van der Waals surface area contributed by atoms with Gasteiger partial charge in [-0.25, -0.2) is 9.78 Å². The minimum absolute atomic E-state index is 0.0287. The van der Waals surface area contributed by atoms with Crippen molar-refractivity contribution in [1.82, 2.24) is 4.98 Å². The molecule has 1 heterocycles. The Labute approximate surface area is 159 Å². The Kier molecular flexibility index (Phi) is 5.26. The number of carboxylic acids is 1. The van der Waals surface area contributed by atoms with Crippen LogP contribution in [0.2, 0.25) is 0 Å². The van der Waals surface area contributed by atoms with Gasteiger partial charge in [-0.2, -0.15) is 0 Å². The molecule has 0 atom stereocenters. The third-order valence-electron chi connectivity index (χ3n) is 4.50. The van der Waals surface area contributed by atoms with Gasteiger partial charge in [0.05, 0.1) is 5.69 Å². The van der Waals surface area contributed by atoms with Gasteiger partial charge in [0, 0.05) is 18.3 Å². The summed E-state index contributed by atoms with van der Waals surface area (Å²) in [5.74, 6) is -1.04. The molecular weight excluding hydrogens is 336 g/mol. The highest BCUT2D eigenvalue weighted by Crippen LogP contribution is 2.25. The van der Waals surface area contributed by atoms with E-state index in [2.05, 4.69) is 55.3 Å². The molecule has 0 aliphatic rings. The molecule has 0 radical (unpaired) electrons. The maximum atomic E-state index is 11.5. The first kappa shape index (κ1) is 18.6. The highest BCUT2D eigenvalue weighted by atomic mass is 16.4. The Hall–Kier alpha value is -3.14. The SMILES string of the molecule is CC(C)(C)c1ccc(CNc2cc(-c3ccccc3)cnc2C(=O)O)cc1. The van der Waals surface area contributed by atoms with E-state index < -0.39 is 5.97 Å². The fraction of sp³-hybridized carbons (Fsp3) is 0.217. The number of aromatic carboxylic acids is 1. The van der Waals surface area contributed by atoms with Crippen LogP contribution in [0.5, 0.6) is 0 Å². The van der Waals surface area contributed by atoms with Crippen LogP contribution in [0, 0.1) is 0 Å². The number of hydrogen-bond donors (Lipinski definition) is 2. The number of anilines is 1. The zero-order chi connectivity index (χ0) is 19.4. The highest BCUT2D eigenvalue weighted by molar-refractivity contribution is 5.93. The van der Waals surface area contributed by atoms with Crippen molar-refractivity contribution in [1.29, 1.82) is 0 Å². The van der Waals surface area contributed by atoms with Crippen LogP contribution >= 0.6 is 0 Å². The van der Waals surface area contributed by atoms with Crippen molar-refractivity contribution < 1.29 is 9.90 Å². The molecule has 0 unspecified atom stereocenters. The van der Waals surface area contributed by atoms with Crippen molar-refractivity contribution >= 4 is 11.7 Å². The minimum Gasteiger partial charge on any atom is -0.476 e. The second kappa shape index (κ2) is 7.62. The summed E-state index contributed by atoms with van der Waals surface area (Å²) in [6.45, 7) is 7.07. The molecule has 0 spiro atoms. The fourth-order valence-corrected chi connectivity index (χ4v) is 2.88.